The quantitative estimate of drug-likeness (QED) is 0.518. The van der Waals surface area contributed by atoms with Gasteiger partial charge in [0.15, 0.2) is 5.65 Å². The van der Waals surface area contributed by atoms with Crippen LogP contribution in [0.1, 0.15) is 5.69 Å². The van der Waals surface area contributed by atoms with Gasteiger partial charge < -0.3 is 14.4 Å². The van der Waals surface area contributed by atoms with Crippen molar-refractivity contribution in [2.45, 2.75) is 6.92 Å². The van der Waals surface area contributed by atoms with Gasteiger partial charge in [0.2, 0.25) is 5.95 Å². The smallest absolute Gasteiger partial charge is 0.230 e. The van der Waals surface area contributed by atoms with Gasteiger partial charge in [-0.05, 0) is 19.1 Å². The van der Waals surface area contributed by atoms with Crippen LogP contribution in [0.15, 0.2) is 29.0 Å². The van der Waals surface area contributed by atoms with E-state index in [0.717, 1.165) is 21.3 Å². The van der Waals surface area contributed by atoms with Crippen molar-refractivity contribution in [3.63, 3.8) is 0 Å². The number of benzene rings is 1. The van der Waals surface area contributed by atoms with Crippen molar-refractivity contribution in [1.29, 1.82) is 0 Å². The molecule has 2 aromatic heterocycles. The van der Waals surface area contributed by atoms with E-state index in [2.05, 4.69) is 35.9 Å². The molecular formula is C18H21BrClN5O2. The molecule has 0 saturated heterocycles. The Hall–Kier alpha value is -1.74. The lowest BCUT2D eigenvalue weighted by molar-refractivity contribution is 0.189. The third-order valence-electron chi connectivity index (χ3n) is 4.19. The summed E-state index contributed by atoms with van der Waals surface area (Å²) in [6, 6.07) is 5.78. The second-order valence-electron chi connectivity index (χ2n) is 5.97. The molecule has 3 aromatic rings. The van der Waals surface area contributed by atoms with E-state index >= 15 is 0 Å². The molecule has 7 nitrogen and oxygen atoms in total. The number of methoxy groups -OCH3 is 2. The molecule has 2 heterocycles. The second-order valence-corrected chi connectivity index (χ2v) is 7.29. The highest BCUT2D eigenvalue weighted by Crippen LogP contribution is 2.35. The normalized spacial score (nSPS) is 11.3. The molecule has 3 rings (SSSR count). The molecule has 0 aliphatic heterocycles. The fourth-order valence-electron chi connectivity index (χ4n) is 2.90. The summed E-state index contributed by atoms with van der Waals surface area (Å²) in [5.41, 5.74) is 3.33. The molecule has 0 N–H and O–H groups in total. The minimum atomic E-state index is 0.570. The van der Waals surface area contributed by atoms with E-state index in [9.17, 15) is 0 Å². The largest absolute Gasteiger partial charge is 0.383 e. The predicted molar refractivity (Wildman–Crippen MR) is 110 cm³/mol. The SMILES string of the molecule is COCCN(CCOC)c1ncnc2c(-c3ccc(Br)cc3Cl)c(C)nn12. The summed E-state index contributed by atoms with van der Waals surface area (Å²) in [6.45, 7) is 4.42. The number of aromatic nitrogens is 4. The highest BCUT2D eigenvalue weighted by atomic mass is 79.9. The van der Waals surface area contributed by atoms with Crippen molar-refractivity contribution < 1.29 is 9.47 Å². The average molecular weight is 455 g/mol. The zero-order valence-electron chi connectivity index (χ0n) is 15.4. The zero-order chi connectivity index (χ0) is 19.4. The monoisotopic (exact) mass is 453 g/mol. The average Bonchev–Trinajstić information content (AvgIpc) is 2.98. The van der Waals surface area contributed by atoms with Crippen LogP contribution in [-0.2, 0) is 9.47 Å². The van der Waals surface area contributed by atoms with Crippen LogP contribution in [-0.4, -0.2) is 60.1 Å². The number of hydrogen-bond donors (Lipinski definition) is 0. The third kappa shape index (κ3) is 4.24. The lowest BCUT2D eigenvalue weighted by atomic mass is 10.1. The Morgan fingerprint density at radius 2 is 1.85 bits per heavy atom. The number of rotatable bonds is 8. The van der Waals surface area contributed by atoms with Crippen molar-refractivity contribution in [2.75, 3.05) is 45.4 Å². The summed E-state index contributed by atoms with van der Waals surface area (Å²) in [6.07, 6.45) is 1.55. The van der Waals surface area contributed by atoms with Gasteiger partial charge in [-0.15, -0.1) is 0 Å². The summed E-state index contributed by atoms with van der Waals surface area (Å²) in [5.74, 6) is 0.691. The van der Waals surface area contributed by atoms with E-state index < -0.39 is 0 Å². The zero-order valence-corrected chi connectivity index (χ0v) is 17.8. The number of ether oxygens (including phenoxy) is 2. The van der Waals surface area contributed by atoms with E-state index in [1.54, 1.807) is 25.1 Å². The Kier molecular flexibility index (Phi) is 6.64. The fourth-order valence-corrected chi connectivity index (χ4v) is 3.67. The van der Waals surface area contributed by atoms with E-state index in [1.165, 1.54) is 0 Å². The van der Waals surface area contributed by atoms with Gasteiger partial charge in [0.1, 0.15) is 6.33 Å². The molecule has 0 aliphatic rings. The molecule has 0 spiro atoms. The molecule has 0 amide bonds. The van der Waals surface area contributed by atoms with Gasteiger partial charge in [-0.25, -0.2) is 9.97 Å². The topological polar surface area (TPSA) is 64.8 Å². The highest BCUT2D eigenvalue weighted by molar-refractivity contribution is 9.10. The molecule has 0 bridgehead atoms. The minimum absolute atomic E-state index is 0.570. The lowest BCUT2D eigenvalue weighted by Gasteiger charge is -2.22. The Balaban J connectivity index is 2.12. The van der Waals surface area contributed by atoms with E-state index in [1.807, 2.05) is 25.1 Å². The van der Waals surface area contributed by atoms with Crippen LogP contribution in [0.2, 0.25) is 5.02 Å². The second kappa shape index (κ2) is 8.97. The van der Waals surface area contributed by atoms with Crippen molar-refractivity contribution >= 4 is 39.1 Å². The molecular weight excluding hydrogens is 434 g/mol. The van der Waals surface area contributed by atoms with Crippen molar-refractivity contribution in [3.8, 4) is 11.1 Å². The molecule has 0 saturated carbocycles. The van der Waals surface area contributed by atoms with E-state index in [0.29, 0.717) is 42.9 Å². The lowest BCUT2D eigenvalue weighted by Crippen LogP contribution is -2.33. The molecule has 9 heteroatoms. The number of nitrogens with zero attached hydrogens (tertiary/aromatic N) is 5. The first-order valence-corrected chi connectivity index (χ1v) is 9.62. The van der Waals surface area contributed by atoms with Gasteiger partial charge in [0.25, 0.3) is 0 Å². The molecule has 0 unspecified atom stereocenters. The van der Waals surface area contributed by atoms with Crippen molar-refractivity contribution in [3.05, 3.63) is 39.7 Å². The maximum Gasteiger partial charge on any atom is 0.230 e. The number of anilines is 1. The summed E-state index contributed by atoms with van der Waals surface area (Å²) >= 11 is 9.92. The first kappa shape index (κ1) is 20.0. The fraction of sp³-hybridized carbons (Fsp3) is 0.389. The first-order chi connectivity index (χ1) is 13.1. The summed E-state index contributed by atoms with van der Waals surface area (Å²) in [7, 11) is 3.35. The summed E-state index contributed by atoms with van der Waals surface area (Å²) < 4.78 is 13.1. The Morgan fingerprint density at radius 1 is 1.15 bits per heavy atom. The van der Waals surface area contributed by atoms with Crippen LogP contribution in [0.25, 0.3) is 16.8 Å². The van der Waals surface area contributed by atoms with Crippen molar-refractivity contribution in [2.24, 2.45) is 0 Å². The van der Waals surface area contributed by atoms with Crippen LogP contribution in [0.5, 0.6) is 0 Å². The van der Waals surface area contributed by atoms with Crippen molar-refractivity contribution in [1.82, 2.24) is 19.6 Å². The van der Waals surface area contributed by atoms with Gasteiger partial charge in [-0.3, -0.25) is 0 Å². The van der Waals surface area contributed by atoms with Crippen LogP contribution in [0, 0.1) is 6.92 Å². The van der Waals surface area contributed by atoms with E-state index in [-0.39, 0.29) is 0 Å². The van der Waals surface area contributed by atoms with Gasteiger partial charge >= 0.3 is 0 Å². The molecule has 0 fully saturated rings. The molecule has 144 valence electrons. The molecule has 0 radical (unpaired) electrons. The van der Waals surface area contributed by atoms with Gasteiger partial charge in [0.05, 0.1) is 24.5 Å². The number of halogens is 2. The van der Waals surface area contributed by atoms with E-state index in [4.69, 9.17) is 21.1 Å². The molecule has 27 heavy (non-hydrogen) atoms. The minimum Gasteiger partial charge on any atom is -0.383 e. The Morgan fingerprint density at radius 3 is 2.48 bits per heavy atom. The number of hydrogen-bond acceptors (Lipinski definition) is 6. The van der Waals surface area contributed by atoms with Crippen LogP contribution in [0.4, 0.5) is 5.95 Å². The van der Waals surface area contributed by atoms with Gasteiger partial charge in [0, 0.05) is 42.4 Å². The maximum atomic E-state index is 6.48. The standard InChI is InChI=1S/C18H21BrClN5O2/c1-12-16(14-5-4-13(19)10-15(14)20)17-21-11-22-18(25(17)23-12)24(6-8-26-2)7-9-27-3/h4-5,10-11H,6-9H2,1-3H3. The van der Waals surface area contributed by atoms with Crippen LogP contribution < -0.4 is 4.90 Å². The summed E-state index contributed by atoms with van der Waals surface area (Å²) in [4.78, 5) is 11.0. The van der Waals surface area contributed by atoms with Gasteiger partial charge in [-0.1, -0.05) is 33.6 Å². The van der Waals surface area contributed by atoms with Crippen LogP contribution in [0.3, 0.4) is 0 Å². The third-order valence-corrected chi connectivity index (χ3v) is 5.00. The number of fused-ring (bicyclic) bond motifs is 1. The maximum absolute atomic E-state index is 6.48. The molecule has 0 aliphatic carbocycles. The Bertz CT molecular complexity index is 926. The Labute approximate surface area is 171 Å². The molecule has 1 aromatic carbocycles. The first-order valence-electron chi connectivity index (χ1n) is 8.45. The summed E-state index contributed by atoms with van der Waals surface area (Å²) in [5, 5.41) is 5.33. The molecule has 0 atom stereocenters. The van der Waals surface area contributed by atoms with Gasteiger partial charge in [-0.2, -0.15) is 9.61 Å². The predicted octanol–water partition coefficient (Wildman–Crippen LogP) is 3.61. The highest BCUT2D eigenvalue weighted by Gasteiger charge is 2.20. The number of aryl methyl sites for hydroxylation is 1. The van der Waals surface area contributed by atoms with Crippen LogP contribution >= 0.6 is 27.5 Å².